The zero-order valence-electron chi connectivity index (χ0n) is 13.4. The van der Waals surface area contributed by atoms with E-state index in [1.807, 2.05) is 0 Å². The van der Waals surface area contributed by atoms with Gasteiger partial charge in [-0.2, -0.15) is 0 Å². The number of amides is 3. The van der Waals surface area contributed by atoms with Crippen LogP contribution in [0.2, 0.25) is 10.0 Å². The number of hydrogen-bond acceptors (Lipinski definition) is 3. The van der Waals surface area contributed by atoms with E-state index in [0.29, 0.717) is 10.6 Å². The molecule has 1 heterocycles. The highest BCUT2D eigenvalue weighted by molar-refractivity contribution is 6.42. The molecule has 1 aromatic rings. The summed E-state index contributed by atoms with van der Waals surface area (Å²) in [4.78, 5) is 38.0. The van der Waals surface area contributed by atoms with Crippen LogP contribution >= 0.6 is 23.2 Å². The van der Waals surface area contributed by atoms with E-state index in [-0.39, 0.29) is 17.4 Å². The number of carbonyl (C=O) groups excluding carboxylic acids is 3. The van der Waals surface area contributed by atoms with Crippen molar-refractivity contribution in [2.75, 3.05) is 6.54 Å². The maximum atomic E-state index is 12.7. The second kappa shape index (κ2) is 5.80. The molecule has 5 nitrogen and oxygen atoms in total. The van der Waals surface area contributed by atoms with Crippen molar-refractivity contribution in [2.45, 2.75) is 33.2 Å². The van der Waals surface area contributed by atoms with Crippen LogP contribution in [0.5, 0.6) is 0 Å². The van der Waals surface area contributed by atoms with Gasteiger partial charge >= 0.3 is 6.03 Å². The van der Waals surface area contributed by atoms with Gasteiger partial charge in [-0.15, -0.1) is 0 Å². The van der Waals surface area contributed by atoms with Gasteiger partial charge in [0.1, 0.15) is 5.54 Å². The molecular weight excluding hydrogens is 339 g/mol. The summed E-state index contributed by atoms with van der Waals surface area (Å²) in [6, 6.07) is 4.13. The Labute approximate surface area is 144 Å². The van der Waals surface area contributed by atoms with E-state index < -0.39 is 22.9 Å². The average molecular weight is 357 g/mol. The minimum Gasteiger partial charge on any atom is -0.319 e. The van der Waals surface area contributed by atoms with Crippen LogP contribution in [0.1, 0.15) is 33.3 Å². The molecule has 0 saturated carbocycles. The van der Waals surface area contributed by atoms with Gasteiger partial charge in [0.25, 0.3) is 5.91 Å². The molecule has 124 valence electrons. The number of nitrogens with one attached hydrogen (secondary N) is 1. The monoisotopic (exact) mass is 356 g/mol. The highest BCUT2D eigenvalue weighted by atomic mass is 35.5. The molecule has 1 unspecified atom stereocenters. The van der Waals surface area contributed by atoms with Gasteiger partial charge in [0.15, 0.2) is 5.78 Å². The number of benzene rings is 1. The van der Waals surface area contributed by atoms with Gasteiger partial charge in [-0.25, -0.2) is 4.79 Å². The summed E-state index contributed by atoms with van der Waals surface area (Å²) in [6.07, 6.45) is 0. The summed E-state index contributed by atoms with van der Waals surface area (Å²) in [6.45, 7) is 6.54. The van der Waals surface area contributed by atoms with Crippen LogP contribution in [0.4, 0.5) is 4.79 Å². The Morgan fingerprint density at radius 2 is 1.83 bits per heavy atom. The lowest BCUT2D eigenvalue weighted by Gasteiger charge is -2.24. The molecule has 0 radical (unpaired) electrons. The van der Waals surface area contributed by atoms with Gasteiger partial charge in [-0.3, -0.25) is 14.5 Å². The predicted molar refractivity (Wildman–Crippen MR) is 88.5 cm³/mol. The third kappa shape index (κ3) is 3.21. The molecule has 1 aromatic carbocycles. The van der Waals surface area contributed by atoms with Gasteiger partial charge in [0.05, 0.1) is 16.6 Å². The quantitative estimate of drug-likeness (QED) is 0.844. The standard InChI is InChI=1S/C16H18Cl2N2O3/c1-15(2,3)12(21)8-20-13(22)16(4,19-14(20)23)9-5-6-10(17)11(18)7-9/h5-7H,8H2,1-4H3,(H,19,23). The van der Waals surface area contributed by atoms with E-state index in [9.17, 15) is 14.4 Å². The Balaban J connectivity index is 2.33. The molecule has 3 amide bonds. The molecular formula is C16H18Cl2N2O3. The van der Waals surface area contributed by atoms with Crippen LogP contribution in [0, 0.1) is 5.41 Å². The number of carbonyl (C=O) groups is 3. The van der Waals surface area contributed by atoms with Crippen molar-refractivity contribution in [1.29, 1.82) is 0 Å². The third-order valence-electron chi connectivity index (χ3n) is 3.91. The van der Waals surface area contributed by atoms with Gasteiger partial charge in [-0.05, 0) is 24.6 Å². The van der Waals surface area contributed by atoms with Gasteiger partial charge < -0.3 is 5.32 Å². The normalized spacial score (nSPS) is 21.6. The summed E-state index contributed by atoms with van der Waals surface area (Å²) in [5.74, 6) is -0.683. The lowest BCUT2D eigenvalue weighted by atomic mass is 9.89. The van der Waals surface area contributed by atoms with Crippen molar-refractivity contribution < 1.29 is 14.4 Å². The number of halogens is 2. The Morgan fingerprint density at radius 3 is 2.35 bits per heavy atom. The summed E-state index contributed by atoms with van der Waals surface area (Å²) in [7, 11) is 0. The molecule has 1 aliphatic heterocycles. The summed E-state index contributed by atoms with van der Waals surface area (Å²) < 4.78 is 0. The molecule has 0 spiro atoms. The van der Waals surface area contributed by atoms with Gasteiger partial charge in [0, 0.05) is 5.41 Å². The second-order valence-electron chi connectivity index (χ2n) is 6.75. The number of urea groups is 1. The number of ketones is 1. The summed E-state index contributed by atoms with van der Waals surface area (Å²) in [5, 5.41) is 3.28. The van der Waals surface area contributed by atoms with E-state index in [2.05, 4.69) is 5.32 Å². The highest BCUT2D eigenvalue weighted by Gasteiger charge is 2.50. The lowest BCUT2D eigenvalue weighted by molar-refractivity contribution is -0.136. The van der Waals surface area contributed by atoms with E-state index in [1.54, 1.807) is 39.8 Å². The van der Waals surface area contributed by atoms with E-state index in [0.717, 1.165) is 4.90 Å². The predicted octanol–water partition coefficient (Wildman–Crippen LogP) is 3.38. The van der Waals surface area contributed by atoms with Crippen LogP contribution in [-0.2, 0) is 15.1 Å². The Bertz CT molecular complexity index is 697. The summed E-state index contributed by atoms with van der Waals surface area (Å²) >= 11 is 11.9. The second-order valence-corrected chi connectivity index (χ2v) is 7.56. The molecule has 2 rings (SSSR count). The number of Topliss-reactive ketones (excluding diaryl/α,β-unsaturated/α-hetero) is 1. The topological polar surface area (TPSA) is 66.5 Å². The first-order valence-corrected chi connectivity index (χ1v) is 7.85. The van der Waals surface area contributed by atoms with Crippen molar-refractivity contribution in [3.8, 4) is 0 Å². The zero-order chi connectivity index (χ0) is 17.6. The van der Waals surface area contributed by atoms with Gasteiger partial charge in [0.2, 0.25) is 0 Å². The number of rotatable bonds is 3. The minimum absolute atomic E-state index is 0.195. The fraction of sp³-hybridized carbons (Fsp3) is 0.438. The van der Waals surface area contributed by atoms with Crippen molar-refractivity contribution in [3.05, 3.63) is 33.8 Å². The summed E-state index contributed by atoms with van der Waals surface area (Å²) in [5.41, 5.74) is -1.40. The smallest absolute Gasteiger partial charge is 0.319 e. The zero-order valence-corrected chi connectivity index (χ0v) is 14.9. The molecule has 0 aliphatic carbocycles. The lowest BCUT2D eigenvalue weighted by Crippen LogP contribution is -2.42. The fourth-order valence-electron chi connectivity index (χ4n) is 2.22. The third-order valence-corrected chi connectivity index (χ3v) is 4.65. The molecule has 1 atom stereocenters. The van der Waals surface area contributed by atoms with Crippen molar-refractivity contribution in [2.24, 2.45) is 5.41 Å². The van der Waals surface area contributed by atoms with E-state index in [4.69, 9.17) is 23.2 Å². The molecule has 0 bridgehead atoms. The van der Waals surface area contributed by atoms with Gasteiger partial charge in [-0.1, -0.05) is 50.0 Å². The molecule has 7 heteroatoms. The number of imide groups is 1. The molecule has 23 heavy (non-hydrogen) atoms. The average Bonchev–Trinajstić information content (AvgIpc) is 2.65. The molecule has 1 N–H and O–H groups in total. The fourth-order valence-corrected chi connectivity index (χ4v) is 2.52. The maximum absolute atomic E-state index is 12.7. The first kappa shape index (κ1) is 17.8. The molecule has 1 aliphatic rings. The Morgan fingerprint density at radius 1 is 1.22 bits per heavy atom. The van der Waals surface area contributed by atoms with Crippen molar-refractivity contribution >= 4 is 40.9 Å². The highest BCUT2D eigenvalue weighted by Crippen LogP contribution is 2.33. The van der Waals surface area contributed by atoms with Crippen molar-refractivity contribution in [1.82, 2.24) is 10.2 Å². The van der Waals surface area contributed by atoms with Crippen LogP contribution in [0.15, 0.2) is 18.2 Å². The van der Waals surface area contributed by atoms with Crippen LogP contribution in [0.3, 0.4) is 0 Å². The number of hydrogen-bond donors (Lipinski definition) is 1. The molecule has 1 saturated heterocycles. The molecule has 0 aromatic heterocycles. The minimum atomic E-state index is -1.27. The Kier molecular flexibility index (Phi) is 4.48. The first-order valence-electron chi connectivity index (χ1n) is 7.10. The van der Waals surface area contributed by atoms with E-state index >= 15 is 0 Å². The van der Waals surface area contributed by atoms with Crippen molar-refractivity contribution in [3.63, 3.8) is 0 Å². The largest absolute Gasteiger partial charge is 0.325 e. The van der Waals surface area contributed by atoms with Crippen LogP contribution < -0.4 is 5.32 Å². The number of nitrogens with zero attached hydrogens (tertiary/aromatic N) is 1. The van der Waals surface area contributed by atoms with Crippen LogP contribution in [-0.4, -0.2) is 29.2 Å². The van der Waals surface area contributed by atoms with Crippen LogP contribution in [0.25, 0.3) is 0 Å². The Hall–Kier alpha value is -1.59. The van der Waals surface area contributed by atoms with E-state index in [1.165, 1.54) is 6.07 Å². The maximum Gasteiger partial charge on any atom is 0.325 e. The SMILES string of the molecule is CC(C)(C)C(=O)CN1C(=O)NC(C)(c2ccc(Cl)c(Cl)c2)C1=O. The molecule has 1 fully saturated rings. The first-order chi connectivity index (χ1) is 10.5.